The number of aliphatic hydroxyl groups is 2. The van der Waals surface area contributed by atoms with E-state index in [4.69, 9.17) is 0 Å². The van der Waals surface area contributed by atoms with Gasteiger partial charge in [-0.2, -0.15) is 0 Å². The van der Waals surface area contributed by atoms with Gasteiger partial charge in [0.1, 0.15) is 11.7 Å². The van der Waals surface area contributed by atoms with Gasteiger partial charge in [-0.25, -0.2) is 0 Å². The van der Waals surface area contributed by atoms with Crippen LogP contribution in [0.2, 0.25) is 0 Å². The minimum atomic E-state index is -1.14. The van der Waals surface area contributed by atoms with Crippen LogP contribution in [0.3, 0.4) is 0 Å². The number of amides is 1. The van der Waals surface area contributed by atoms with E-state index < -0.39 is 11.7 Å². The Hall–Kier alpha value is -1.43. The van der Waals surface area contributed by atoms with Crippen molar-refractivity contribution in [3.8, 4) is 0 Å². The molecule has 5 nitrogen and oxygen atoms in total. The van der Waals surface area contributed by atoms with Crippen LogP contribution in [0.4, 0.5) is 0 Å². The van der Waals surface area contributed by atoms with E-state index in [0.717, 1.165) is 18.4 Å². The van der Waals surface area contributed by atoms with E-state index in [1.54, 1.807) is 4.90 Å². The van der Waals surface area contributed by atoms with Crippen molar-refractivity contribution in [3.05, 3.63) is 35.9 Å². The second-order valence-electron chi connectivity index (χ2n) is 7.59. The fraction of sp³-hybridized carbons (Fsp3) is 0.650. The Morgan fingerprint density at radius 3 is 2.60 bits per heavy atom. The molecule has 2 atom stereocenters. The van der Waals surface area contributed by atoms with Gasteiger partial charge >= 0.3 is 0 Å². The largest absolute Gasteiger partial charge is 0.388 e. The molecule has 1 heterocycles. The Bertz CT molecular complexity index is 559. The summed E-state index contributed by atoms with van der Waals surface area (Å²) < 4.78 is 0. The number of carbonyl (C=O) groups is 1. The first-order valence-corrected chi connectivity index (χ1v) is 9.52. The molecule has 138 valence electrons. The lowest BCUT2D eigenvalue weighted by Crippen LogP contribution is -2.61. The highest BCUT2D eigenvalue weighted by Gasteiger charge is 2.41. The average Bonchev–Trinajstić information content (AvgIpc) is 2.64. The van der Waals surface area contributed by atoms with Gasteiger partial charge in [0.15, 0.2) is 0 Å². The lowest BCUT2D eigenvalue weighted by Gasteiger charge is -2.43. The quantitative estimate of drug-likeness (QED) is 0.755. The van der Waals surface area contributed by atoms with Crippen molar-refractivity contribution in [2.24, 2.45) is 0 Å². The first kappa shape index (κ1) is 18.4. The number of carbonyl (C=O) groups excluding carboxylic acids is 1. The van der Waals surface area contributed by atoms with Crippen LogP contribution >= 0.6 is 0 Å². The van der Waals surface area contributed by atoms with Crippen LogP contribution in [-0.2, 0) is 11.2 Å². The van der Waals surface area contributed by atoms with Gasteiger partial charge in [-0.15, -0.1) is 0 Å². The van der Waals surface area contributed by atoms with E-state index in [0.29, 0.717) is 32.0 Å². The molecule has 1 aromatic rings. The number of rotatable bonds is 5. The summed E-state index contributed by atoms with van der Waals surface area (Å²) in [6.45, 7) is 1.10. The van der Waals surface area contributed by atoms with E-state index >= 15 is 0 Å². The highest BCUT2D eigenvalue weighted by molar-refractivity contribution is 5.79. The lowest BCUT2D eigenvalue weighted by atomic mass is 9.87. The van der Waals surface area contributed by atoms with E-state index in [9.17, 15) is 15.0 Å². The van der Waals surface area contributed by atoms with Crippen molar-refractivity contribution in [1.82, 2.24) is 10.2 Å². The summed E-state index contributed by atoms with van der Waals surface area (Å²) in [7, 11) is 0. The van der Waals surface area contributed by atoms with Crippen molar-refractivity contribution in [1.29, 1.82) is 0 Å². The zero-order valence-corrected chi connectivity index (χ0v) is 14.9. The highest BCUT2D eigenvalue weighted by Crippen LogP contribution is 2.24. The van der Waals surface area contributed by atoms with Crippen LogP contribution in [0.5, 0.6) is 0 Å². The molecule has 3 rings (SSSR count). The number of benzene rings is 1. The van der Waals surface area contributed by atoms with Crippen LogP contribution in [0, 0.1) is 0 Å². The van der Waals surface area contributed by atoms with Crippen LogP contribution in [0.15, 0.2) is 30.3 Å². The minimum Gasteiger partial charge on any atom is -0.388 e. The van der Waals surface area contributed by atoms with Crippen molar-refractivity contribution >= 4 is 5.91 Å². The standard InChI is InChI=1S/C20H30N2O3/c23-18-14-22(19(24)13-16-7-3-1-4-8-16)12-11-20(18,25)15-21-17-9-5-2-6-10-17/h1,3-4,7-8,17-18,21,23,25H,2,5-6,9-15H2/t18-,20-/m0/s1. The van der Waals surface area contributed by atoms with Crippen molar-refractivity contribution < 1.29 is 15.0 Å². The molecule has 2 fully saturated rings. The molecular weight excluding hydrogens is 316 g/mol. The molecule has 1 aromatic carbocycles. The van der Waals surface area contributed by atoms with Crippen LogP contribution in [-0.4, -0.2) is 58.4 Å². The topological polar surface area (TPSA) is 72.8 Å². The molecular formula is C20H30N2O3. The number of nitrogens with one attached hydrogen (secondary N) is 1. The van der Waals surface area contributed by atoms with Crippen LogP contribution in [0.25, 0.3) is 0 Å². The maximum Gasteiger partial charge on any atom is 0.227 e. The number of piperidine rings is 1. The molecule has 0 aromatic heterocycles. The Morgan fingerprint density at radius 2 is 1.92 bits per heavy atom. The van der Waals surface area contributed by atoms with Gasteiger partial charge in [-0.3, -0.25) is 4.79 Å². The zero-order valence-electron chi connectivity index (χ0n) is 14.9. The molecule has 1 saturated carbocycles. The van der Waals surface area contributed by atoms with Crippen molar-refractivity contribution in [2.45, 2.75) is 62.7 Å². The number of aliphatic hydroxyl groups excluding tert-OH is 1. The molecule has 3 N–H and O–H groups in total. The zero-order chi connectivity index (χ0) is 17.7. The molecule has 1 aliphatic heterocycles. The molecule has 0 radical (unpaired) electrons. The molecule has 0 bridgehead atoms. The first-order valence-electron chi connectivity index (χ1n) is 9.52. The molecule has 1 amide bonds. The average molecular weight is 346 g/mol. The predicted molar refractivity (Wildman–Crippen MR) is 97.2 cm³/mol. The second kappa shape index (κ2) is 8.30. The highest BCUT2D eigenvalue weighted by atomic mass is 16.3. The summed E-state index contributed by atoms with van der Waals surface area (Å²) in [6.07, 6.45) is 5.91. The number of hydrogen-bond donors (Lipinski definition) is 3. The molecule has 2 aliphatic rings. The first-order chi connectivity index (χ1) is 12.1. The fourth-order valence-electron chi connectivity index (χ4n) is 3.91. The summed E-state index contributed by atoms with van der Waals surface area (Å²) in [5.41, 5.74) is -0.164. The van der Waals surface area contributed by atoms with E-state index in [1.807, 2.05) is 30.3 Å². The third-order valence-electron chi connectivity index (χ3n) is 5.68. The lowest BCUT2D eigenvalue weighted by molar-refractivity contribution is -0.148. The summed E-state index contributed by atoms with van der Waals surface area (Å²) in [4.78, 5) is 14.1. The van der Waals surface area contributed by atoms with Crippen molar-refractivity contribution in [2.75, 3.05) is 19.6 Å². The Balaban J connectivity index is 1.49. The van der Waals surface area contributed by atoms with Gasteiger partial charge in [0.2, 0.25) is 5.91 Å². The second-order valence-corrected chi connectivity index (χ2v) is 7.59. The normalized spacial score (nSPS) is 28.1. The molecule has 25 heavy (non-hydrogen) atoms. The molecule has 0 unspecified atom stereocenters. The Labute approximate surface area is 150 Å². The fourth-order valence-corrected chi connectivity index (χ4v) is 3.91. The summed E-state index contributed by atoms with van der Waals surface area (Å²) in [5.74, 6) is 0.00698. The third-order valence-corrected chi connectivity index (χ3v) is 5.68. The minimum absolute atomic E-state index is 0.00698. The van der Waals surface area contributed by atoms with Crippen LogP contribution < -0.4 is 5.32 Å². The summed E-state index contributed by atoms with van der Waals surface area (Å²) in [5, 5.41) is 24.7. The predicted octanol–water partition coefficient (Wildman–Crippen LogP) is 1.48. The Morgan fingerprint density at radius 1 is 1.20 bits per heavy atom. The van der Waals surface area contributed by atoms with Gasteiger partial charge < -0.3 is 20.4 Å². The molecule has 1 aliphatic carbocycles. The number of nitrogens with zero attached hydrogens (tertiary/aromatic N) is 1. The molecule has 1 saturated heterocycles. The monoisotopic (exact) mass is 346 g/mol. The van der Waals surface area contributed by atoms with Gasteiger partial charge in [0.05, 0.1) is 6.42 Å². The maximum absolute atomic E-state index is 12.4. The summed E-state index contributed by atoms with van der Waals surface area (Å²) >= 11 is 0. The van der Waals surface area contributed by atoms with Gasteiger partial charge in [-0.05, 0) is 24.8 Å². The number of likely N-dealkylation sites (tertiary alicyclic amines) is 1. The molecule has 5 heteroatoms. The smallest absolute Gasteiger partial charge is 0.227 e. The van der Waals surface area contributed by atoms with Crippen molar-refractivity contribution in [3.63, 3.8) is 0 Å². The Kier molecular flexibility index (Phi) is 6.10. The van der Waals surface area contributed by atoms with E-state index in [-0.39, 0.29) is 12.5 Å². The summed E-state index contributed by atoms with van der Waals surface area (Å²) in [6, 6.07) is 10.1. The number of hydrogen-bond acceptors (Lipinski definition) is 4. The van der Waals surface area contributed by atoms with E-state index in [2.05, 4.69) is 5.32 Å². The van der Waals surface area contributed by atoms with Crippen LogP contribution in [0.1, 0.15) is 44.1 Å². The van der Waals surface area contributed by atoms with Gasteiger partial charge in [0, 0.05) is 25.7 Å². The number of β-amino-alcohol motifs (C(OH)–C–C–N with tert-alkyl or cyclic N) is 1. The maximum atomic E-state index is 12.4. The van der Waals surface area contributed by atoms with E-state index in [1.165, 1.54) is 19.3 Å². The molecule has 0 spiro atoms. The van der Waals surface area contributed by atoms with Gasteiger partial charge in [-0.1, -0.05) is 49.6 Å². The third kappa shape index (κ3) is 4.81. The SMILES string of the molecule is O=C(Cc1ccccc1)N1CC[C@](O)(CNC2CCCCC2)[C@@H](O)C1. The van der Waals surface area contributed by atoms with Gasteiger partial charge in [0.25, 0.3) is 0 Å².